The van der Waals surface area contributed by atoms with Gasteiger partial charge in [0.25, 0.3) is 10.0 Å². The normalized spacial score (nSPS) is 12.0. The molecule has 0 aliphatic heterocycles. The van der Waals surface area contributed by atoms with Gasteiger partial charge in [-0.2, -0.15) is 0 Å². The third-order valence-electron chi connectivity index (χ3n) is 6.16. The van der Waals surface area contributed by atoms with Gasteiger partial charge in [-0.05, 0) is 51.1 Å². The molecule has 0 spiro atoms. The standard InChI is InChI=1S/C29H34FN3O6S/c1-20(2)31-29(35)21(3)32(18-22-11-9-10-14-25(22)30)28(34)19-33(40(36,37)24-12-7-6-8-13-24)23-15-16-26(38-4)27(17-23)39-5/h6-17,20-21H,18-19H2,1-5H3,(H,31,35). The molecule has 3 aromatic carbocycles. The number of benzene rings is 3. The Bertz CT molecular complexity index is 1430. The van der Waals surface area contributed by atoms with Crippen LogP contribution < -0.4 is 19.1 Å². The number of anilines is 1. The topological polar surface area (TPSA) is 105 Å². The molecule has 0 heterocycles. The van der Waals surface area contributed by atoms with Crippen molar-refractivity contribution in [3.63, 3.8) is 0 Å². The highest BCUT2D eigenvalue weighted by molar-refractivity contribution is 7.92. The molecule has 0 saturated heterocycles. The van der Waals surface area contributed by atoms with Gasteiger partial charge in [0.15, 0.2) is 11.5 Å². The molecule has 40 heavy (non-hydrogen) atoms. The van der Waals surface area contributed by atoms with Crippen molar-refractivity contribution in [1.29, 1.82) is 0 Å². The number of rotatable bonds is 12. The van der Waals surface area contributed by atoms with Gasteiger partial charge in [-0.15, -0.1) is 0 Å². The number of hydrogen-bond donors (Lipinski definition) is 1. The quantitative estimate of drug-likeness (QED) is 0.353. The van der Waals surface area contributed by atoms with Crippen LogP contribution in [-0.4, -0.2) is 58.0 Å². The summed E-state index contributed by atoms with van der Waals surface area (Å²) in [5, 5.41) is 2.76. The molecule has 3 aromatic rings. The van der Waals surface area contributed by atoms with Crippen LogP contribution in [0.15, 0.2) is 77.7 Å². The molecule has 1 N–H and O–H groups in total. The molecule has 3 rings (SSSR count). The minimum absolute atomic E-state index is 0.0381. The fraction of sp³-hybridized carbons (Fsp3) is 0.310. The van der Waals surface area contributed by atoms with Crippen LogP contribution in [0.3, 0.4) is 0 Å². The highest BCUT2D eigenvalue weighted by atomic mass is 32.2. The van der Waals surface area contributed by atoms with E-state index in [1.807, 2.05) is 0 Å². The van der Waals surface area contributed by atoms with Crippen molar-refractivity contribution in [2.45, 2.75) is 44.3 Å². The van der Waals surface area contributed by atoms with E-state index in [1.165, 1.54) is 74.6 Å². The molecule has 0 fully saturated rings. The average Bonchev–Trinajstić information content (AvgIpc) is 2.94. The van der Waals surface area contributed by atoms with Crippen LogP contribution in [0.5, 0.6) is 11.5 Å². The van der Waals surface area contributed by atoms with Crippen LogP contribution in [0.2, 0.25) is 0 Å². The SMILES string of the molecule is COc1ccc(N(CC(=O)N(Cc2ccccc2F)C(C)C(=O)NC(C)C)S(=O)(=O)c2ccccc2)cc1OC. The van der Waals surface area contributed by atoms with Crippen molar-refractivity contribution in [2.24, 2.45) is 0 Å². The monoisotopic (exact) mass is 571 g/mol. The van der Waals surface area contributed by atoms with Gasteiger partial charge in [-0.3, -0.25) is 13.9 Å². The molecule has 2 amide bonds. The molecule has 1 unspecified atom stereocenters. The third-order valence-corrected chi connectivity index (χ3v) is 7.95. The van der Waals surface area contributed by atoms with E-state index >= 15 is 0 Å². The van der Waals surface area contributed by atoms with Crippen molar-refractivity contribution in [3.05, 3.63) is 84.2 Å². The number of methoxy groups -OCH3 is 2. The minimum atomic E-state index is -4.26. The zero-order valence-electron chi connectivity index (χ0n) is 23.1. The van der Waals surface area contributed by atoms with Crippen LogP contribution in [-0.2, 0) is 26.2 Å². The molecule has 11 heteroatoms. The number of hydrogen-bond acceptors (Lipinski definition) is 6. The largest absolute Gasteiger partial charge is 0.493 e. The van der Waals surface area contributed by atoms with Crippen LogP contribution >= 0.6 is 0 Å². The highest BCUT2D eigenvalue weighted by Crippen LogP contribution is 2.34. The second-order valence-electron chi connectivity index (χ2n) is 9.32. The molecule has 0 aliphatic carbocycles. The van der Waals surface area contributed by atoms with E-state index in [4.69, 9.17) is 9.47 Å². The van der Waals surface area contributed by atoms with E-state index < -0.39 is 40.2 Å². The van der Waals surface area contributed by atoms with Gasteiger partial charge in [0, 0.05) is 24.2 Å². The van der Waals surface area contributed by atoms with Gasteiger partial charge >= 0.3 is 0 Å². The molecule has 214 valence electrons. The zero-order chi connectivity index (χ0) is 29.4. The van der Waals surface area contributed by atoms with E-state index in [0.29, 0.717) is 5.75 Å². The smallest absolute Gasteiger partial charge is 0.264 e. The van der Waals surface area contributed by atoms with Gasteiger partial charge < -0.3 is 19.7 Å². The molecule has 0 saturated carbocycles. The molecule has 9 nitrogen and oxygen atoms in total. The van der Waals surface area contributed by atoms with Crippen molar-refractivity contribution in [1.82, 2.24) is 10.2 Å². The summed E-state index contributed by atoms with van der Waals surface area (Å²) in [6, 6.07) is 16.8. The van der Waals surface area contributed by atoms with Crippen molar-refractivity contribution < 1.29 is 31.9 Å². The van der Waals surface area contributed by atoms with Gasteiger partial charge in [0.05, 0.1) is 24.8 Å². The van der Waals surface area contributed by atoms with Crippen LogP contribution in [0.1, 0.15) is 26.3 Å². The Morgan fingerprint density at radius 2 is 1.52 bits per heavy atom. The Morgan fingerprint density at radius 1 is 0.900 bits per heavy atom. The van der Waals surface area contributed by atoms with E-state index in [2.05, 4.69) is 5.32 Å². The Kier molecular flexibility index (Phi) is 10.1. The fourth-order valence-corrected chi connectivity index (χ4v) is 5.45. The van der Waals surface area contributed by atoms with Crippen LogP contribution in [0, 0.1) is 5.82 Å². The highest BCUT2D eigenvalue weighted by Gasteiger charge is 2.33. The maximum absolute atomic E-state index is 14.6. The van der Waals surface area contributed by atoms with Gasteiger partial charge in [-0.1, -0.05) is 36.4 Å². The summed E-state index contributed by atoms with van der Waals surface area (Å²) >= 11 is 0. The Hall–Kier alpha value is -4.12. The predicted octanol–water partition coefficient (Wildman–Crippen LogP) is 3.98. The van der Waals surface area contributed by atoms with E-state index in [0.717, 1.165) is 4.31 Å². The van der Waals surface area contributed by atoms with E-state index in [9.17, 15) is 22.4 Å². The summed E-state index contributed by atoms with van der Waals surface area (Å²) < 4.78 is 53.9. The lowest BCUT2D eigenvalue weighted by atomic mass is 10.1. The first kappa shape index (κ1) is 30.4. The molecular formula is C29H34FN3O6S. The first-order valence-corrected chi connectivity index (χ1v) is 14.1. The number of halogens is 1. The first-order valence-electron chi connectivity index (χ1n) is 12.6. The molecule has 0 bridgehead atoms. The lowest BCUT2D eigenvalue weighted by Crippen LogP contribution is -2.52. The molecule has 0 radical (unpaired) electrons. The van der Waals surface area contributed by atoms with Crippen molar-refractivity contribution >= 4 is 27.5 Å². The molecule has 1 atom stereocenters. The molecule has 0 aliphatic rings. The summed E-state index contributed by atoms with van der Waals surface area (Å²) in [6.07, 6.45) is 0. The number of carbonyl (C=O) groups is 2. The minimum Gasteiger partial charge on any atom is -0.493 e. The van der Waals surface area contributed by atoms with Gasteiger partial charge in [0.2, 0.25) is 11.8 Å². The average molecular weight is 572 g/mol. The summed E-state index contributed by atoms with van der Waals surface area (Å²) in [6.45, 7) is 4.16. The first-order chi connectivity index (χ1) is 19.0. The van der Waals surface area contributed by atoms with Crippen molar-refractivity contribution in [3.8, 4) is 11.5 Å². The summed E-state index contributed by atoms with van der Waals surface area (Å²) in [5.74, 6) is -1.08. The maximum Gasteiger partial charge on any atom is 0.264 e. The summed E-state index contributed by atoms with van der Waals surface area (Å²) in [4.78, 5) is 28.0. The fourth-order valence-electron chi connectivity index (χ4n) is 4.03. The number of amides is 2. The molecular weight excluding hydrogens is 537 g/mol. The van der Waals surface area contributed by atoms with E-state index in [1.54, 1.807) is 38.1 Å². The third kappa shape index (κ3) is 7.09. The lowest BCUT2D eigenvalue weighted by Gasteiger charge is -2.32. The summed E-state index contributed by atoms with van der Waals surface area (Å²) in [5.41, 5.74) is 0.323. The molecule has 0 aromatic heterocycles. The van der Waals surface area contributed by atoms with Crippen LogP contribution in [0.25, 0.3) is 0 Å². The number of nitrogens with zero attached hydrogens (tertiary/aromatic N) is 2. The number of ether oxygens (including phenoxy) is 2. The van der Waals surface area contributed by atoms with Crippen molar-refractivity contribution in [2.75, 3.05) is 25.1 Å². The second-order valence-corrected chi connectivity index (χ2v) is 11.2. The maximum atomic E-state index is 14.6. The summed E-state index contributed by atoms with van der Waals surface area (Å²) in [7, 11) is -1.40. The van der Waals surface area contributed by atoms with E-state index in [-0.39, 0.29) is 34.5 Å². The Labute approximate surface area is 234 Å². The van der Waals surface area contributed by atoms with Crippen LogP contribution in [0.4, 0.5) is 10.1 Å². The number of sulfonamides is 1. The Morgan fingerprint density at radius 3 is 2.12 bits per heavy atom. The van der Waals surface area contributed by atoms with Gasteiger partial charge in [0.1, 0.15) is 18.4 Å². The second kappa shape index (κ2) is 13.3. The lowest BCUT2D eigenvalue weighted by molar-refractivity contribution is -0.139. The van der Waals surface area contributed by atoms with Gasteiger partial charge in [-0.25, -0.2) is 12.8 Å². The Balaban J connectivity index is 2.09. The predicted molar refractivity (Wildman–Crippen MR) is 150 cm³/mol. The zero-order valence-corrected chi connectivity index (χ0v) is 23.9. The number of carbonyl (C=O) groups excluding carboxylic acids is 2. The number of nitrogens with one attached hydrogen (secondary N) is 1.